The predicted octanol–water partition coefficient (Wildman–Crippen LogP) is 2.52. The third-order valence-corrected chi connectivity index (χ3v) is 2.26. The first-order valence-electron chi connectivity index (χ1n) is 6.67. The number of carboxylic acids is 1. The fraction of sp³-hybridized carbons (Fsp3) is 0.714. The zero-order valence-electron chi connectivity index (χ0n) is 12.8. The van der Waals surface area contributed by atoms with Crippen molar-refractivity contribution in [2.75, 3.05) is 0 Å². The van der Waals surface area contributed by atoms with E-state index in [1.807, 2.05) is 13.8 Å². The Morgan fingerprint density at radius 1 is 1.30 bits per heavy atom. The summed E-state index contributed by atoms with van der Waals surface area (Å²) in [7, 11) is 5.40. The zero-order chi connectivity index (χ0) is 15.9. The molecule has 0 aromatic carbocycles. The molecule has 2 atom stereocenters. The Labute approximate surface area is 122 Å². The number of carbonyl (C=O) groups excluding carboxylic acids is 1. The smallest absolute Gasteiger partial charge is 0.408 e. The summed E-state index contributed by atoms with van der Waals surface area (Å²) >= 11 is 0. The second kappa shape index (κ2) is 7.97. The fourth-order valence-electron chi connectivity index (χ4n) is 1.49. The van der Waals surface area contributed by atoms with Crippen LogP contribution in [0.25, 0.3) is 0 Å². The molecule has 0 aliphatic rings. The van der Waals surface area contributed by atoms with E-state index in [1.54, 1.807) is 26.8 Å². The molecule has 5 nitrogen and oxygen atoms in total. The van der Waals surface area contributed by atoms with E-state index in [2.05, 4.69) is 5.32 Å². The predicted molar refractivity (Wildman–Crippen MR) is 78.9 cm³/mol. The molecule has 20 heavy (non-hydrogen) atoms. The molecule has 0 unspecified atom stereocenters. The number of hydrogen-bond acceptors (Lipinski definition) is 3. The molecule has 0 saturated carbocycles. The molecule has 6 heteroatoms. The normalized spacial score (nSPS) is 15.1. The van der Waals surface area contributed by atoms with Crippen LogP contribution in [0.1, 0.15) is 41.0 Å². The Morgan fingerprint density at radius 2 is 1.85 bits per heavy atom. The monoisotopic (exact) mass is 281 g/mol. The molecule has 0 aromatic heterocycles. The third kappa shape index (κ3) is 9.47. The van der Waals surface area contributed by atoms with Crippen LogP contribution in [-0.2, 0) is 9.53 Å². The minimum absolute atomic E-state index is 0.310. The van der Waals surface area contributed by atoms with Gasteiger partial charge in [-0.2, -0.15) is 0 Å². The minimum Gasteiger partial charge on any atom is -0.481 e. The SMILES string of the molecule is [B][C@@H](/C=C/[C@H](CC(C)C)NC(=O)OC(C)(C)C)C(=O)O. The number of rotatable bonds is 6. The van der Waals surface area contributed by atoms with Gasteiger partial charge in [0.1, 0.15) is 5.60 Å². The lowest BCUT2D eigenvalue weighted by atomic mass is 9.86. The molecule has 2 N–H and O–H groups in total. The van der Waals surface area contributed by atoms with Gasteiger partial charge in [0.05, 0.1) is 13.9 Å². The Hall–Kier alpha value is -1.46. The van der Waals surface area contributed by atoms with Gasteiger partial charge in [-0.3, -0.25) is 4.79 Å². The summed E-state index contributed by atoms with van der Waals surface area (Å²) in [6, 6.07) is -0.310. The lowest BCUT2D eigenvalue weighted by Crippen LogP contribution is -2.38. The average Bonchev–Trinajstić information content (AvgIpc) is 2.21. The van der Waals surface area contributed by atoms with Crippen LogP contribution in [0.5, 0.6) is 0 Å². The second-order valence-electron chi connectivity index (χ2n) is 6.13. The standard InChI is InChI=1S/C14H24BNO4/c1-9(2)8-10(6-7-11(15)12(17)18)16-13(19)20-14(3,4)5/h6-7,9-11H,8H2,1-5H3,(H,16,19)(H,17,18)/b7-6+/t10-,11+/m1/s1. The van der Waals surface area contributed by atoms with E-state index in [-0.39, 0.29) is 6.04 Å². The quantitative estimate of drug-likeness (QED) is 0.579. The molecule has 0 aliphatic carbocycles. The zero-order valence-corrected chi connectivity index (χ0v) is 12.8. The van der Waals surface area contributed by atoms with E-state index in [0.717, 1.165) is 0 Å². The molecule has 2 radical (unpaired) electrons. The number of aliphatic carboxylic acids is 1. The number of nitrogens with one attached hydrogen (secondary N) is 1. The number of amides is 1. The van der Waals surface area contributed by atoms with E-state index >= 15 is 0 Å². The topological polar surface area (TPSA) is 75.6 Å². The van der Waals surface area contributed by atoms with Crippen molar-refractivity contribution in [3.8, 4) is 0 Å². The highest BCUT2D eigenvalue weighted by atomic mass is 16.6. The van der Waals surface area contributed by atoms with Gasteiger partial charge in [-0.25, -0.2) is 4.79 Å². The summed E-state index contributed by atoms with van der Waals surface area (Å²) in [6.45, 7) is 9.35. The lowest BCUT2D eigenvalue weighted by molar-refractivity contribution is -0.135. The molecule has 0 fully saturated rings. The van der Waals surface area contributed by atoms with Crippen molar-refractivity contribution in [1.82, 2.24) is 5.32 Å². The number of alkyl carbamates (subject to hydrolysis) is 1. The molecule has 0 aromatic rings. The first kappa shape index (κ1) is 18.5. The van der Waals surface area contributed by atoms with Crippen molar-refractivity contribution in [3.63, 3.8) is 0 Å². The molecular weight excluding hydrogens is 257 g/mol. The maximum Gasteiger partial charge on any atom is 0.408 e. The Bertz CT molecular complexity index is 361. The van der Waals surface area contributed by atoms with E-state index < -0.39 is 23.5 Å². The highest BCUT2D eigenvalue weighted by molar-refractivity contribution is 6.23. The maximum atomic E-state index is 11.7. The van der Waals surface area contributed by atoms with Gasteiger partial charge in [0.15, 0.2) is 0 Å². The summed E-state index contributed by atoms with van der Waals surface area (Å²) < 4.78 is 5.17. The molecule has 112 valence electrons. The second-order valence-corrected chi connectivity index (χ2v) is 6.13. The van der Waals surface area contributed by atoms with Crippen LogP contribution >= 0.6 is 0 Å². The van der Waals surface area contributed by atoms with Gasteiger partial charge in [0.2, 0.25) is 0 Å². The van der Waals surface area contributed by atoms with Crippen molar-refractivity contribution in [3.05, 3.63) is 12.2 Å². The van der Waals surface area contributed by atoms with Gasteiger partial charge in [-0.15, -0.1) is 0 Å². The minimum atomic E-state index is -1.11. The molecule has 0 rings (SSSR count). The highest BCUT2D eigenvalue weighted by Gasteiger charge is 2.19. The molecule has 0 aliphatic heterocycles. The average molecular weight is 281 g/mol. The number of ether oxygens (including phenoxy) is 1. The van der Waals surface area contributed by atoms with E-state index in [1.165, 1.54) is 6.08 Å². The van der Waals surface area contributed by atoms with Crippen molar-refractivity contribution < 1.29 is 19.4 Å². The van der Waals surface area contributed by atoms with Gasteiger partial charge in [-0.1, -0.05) is 26.0 Å². The number of carboxylic acid groups (broad SMARTS) is 1. The molecule has 0 heterocycles. The third-order valence-electron chi connectivity index (χ3n) is 2.26. The maximum absolute atomic E-state index is 11.7. The first-order valence-corrected chi connectivity index (χ1v) is 6.67. The van der Waals surface area contributed by atoms with Crippen molar-refractivity contribution in [2.24, 2.45) is 5.92 Å². The molecular formula is C14H24BNO4. The molecule has 0 saturated heterocycles. The van der Waals surface area contributed by atoms with Gasteiger partial charge in [0.25, 0.3) is 0 Å². The van der Waals surface area contributed by atoms with E-state index in [4.69, 9.17) is 17.7 Å². The van der Waals surface area contributed by atoms with E-state index in [9.17, 15) is 9.59 Å². The molecule has 0 spiro atoms. The van der Waals surface area contributed by atoms with Gasteiger partial charge >= 0.3 is 12.1 Å². The summed E-state index contributed by atoms with van der Waals surface area (Å²) in [5.74, 6) is -1.85. The lowest BCUT2D eigenvalue weighted by Gasteiger charge is -2.23. The summed E-state index contributed by atoms with van der Waals surface area (Å²) in [5, 5.41) is 11.4. The highest BCUT2D eigenvalue weighted by Crippen LogP contribution is 2.11. The fourth-order valence-corrected chi connectivity index (χ4v) is 1.49. The van der Waals surface area contributed by atoms with Crippen LogP contribution in [0, 0.1) is 5.92 Å². The first-order chi connectivity index (χ1) is 9.01. The largest absolute Gasteiger partial charge is 0.481 e. The summed E-state index contributed by atoms with van der Waals surface area (Å²) in [6.07, 6.45) is 3.11. The summed E-state index contributed by atoms with van der Waals surface area (Å²) in [5.41, 5.74) is -0.576. The molecule has 1 amide bonds. The van der Waals surface area contributed by atoms with Crippen LogP contribution in [0.3, 0.4) is 0 Å². The van der Waals surface area contributed by atoms with Gasteiger partial charge < -0.3 is 15.2 Å². The number of hydrogen-bond donors (Lipinski definition) is 2. The number of carbonyl (C=O) groups is 2. The Balaban J connectivity index is 4.65. The van der Waals surface area contributed by atoms with Crippen LogP contribution in [-0.4, -0.2) is 36.7 Å². The Morgan fingerprint density at radius 3 is 2.25 bits per heavy atom. The van der Waals surface area contributed by atoms with Crippen LogP contribution in [0.15, 0.2) is 12.2 Å². The Kier molecular flexibility index (Phi) is 7.39. The summed E-state index contributed by atoms with van der Waals surface area (Å²) in [4.78, 5) is 22.4. The van der Waals surface area contributed by atoms with Crippen LogP contribution < -0.4 is 5.32 Å². The van der Waals surface area contributed by atoms with Gasteiger partial charge in [-0.05, 0) is 33.1 Å². The van der Waals surface area contributed by atoms with Crippen molar-refractivity contribution >= 4 is 19.9 Å². The van der Waals surface area contributed by atoms with Crippen LogP contribution in [0.2, 0.25) is 5.82 Å². The molecule has 0 bridgehead atoms. The van der Waals surface area contributed by atoms with Crippen molar-refractivity contribution in [2.45, 2.75) is 58.5 Å². The van der Waals surface area contributed by atoms with Crippen molar-refractivity contribution in [1.29, 1.82) is 0 Å². The van der Waals surface area contributed by atoms with Crippen LogP contribution in [0.4, 0.5) is 4.79 Å². The van der Waals surface area contributed by atoms with Gasteiger partial charge in [0, 0.05) is 5.82 Å². The van der Waals surface area contributed by atoms with E-state index in [0.29, 0.717) is 12.3 Å².